The highest BCUT2D eigenvalue weighted by molar-refractivity contribution is 7.14. The summed E-state index contributed by atoms with van der Waals surface area (Å²) in [4.78, 5) is 31.1. The van der Waals surface area contributed by atoms with Gasteiger partial charge in [-0.1, -0.05) is 30.3 Å². The lowest BCUT2D eigenvalue weighted by Crippen LogP contribution is -2.35. The number of thiazole rings is 1. The number of aromatic nitrogens is 1. The molecule has 1 aromatic heterocycles. The molecule has 1 unspecified atom stereocenters. The molecule has 0 aliphatic heterocycles. The first-order valence-electron chi connectivity index (χ1n) is 9.84. The Bertz CT molecular complexity index is 1020. The van der Waals surface area contributed by atoms with Gasteiger partial charge >= 0.3 is 0 Å². The number of benzene rings is 2. The molecule has 0 radical (unpaired) electrons. The van der Waals surface area contributed by atoms with Gasteiger partial charge in [-0.2, -0.15) is 0 Å². The van der Waals surface area contributed by atoms with Crippen molar-refractivity contribution in [3.63, 3.8) is 0 Å². The first-order chi connectivity index (χ1) is 15.0. The number of carbonyl (C=O) groups excluding carboxylic acids is 2. The van der Waals surface area contributed by atoms with E-state index in [1.807, 2.05) is 44.4 Å². The van der Waals surface area contributed by atoms with Crippen molar-refractivity contribution >= 4 is 28.3 Å². The number of anilines is 1. The second-order valence-corrected chi connectivity index (χ2v) is 8.06. The zero-order chi connectivity index (χ0) is 22.2. The molecule has 3 rings (SSSR count). The van der Waals surface area contributed by atoms with E-state index >= 15 is 0 Å². The number of likely N-dealkylation sites (N-methyl/N-ethyl adjacent to an activating group) is 1. The molecule has 8 heteroatoms. The Hall–Kier alpha value is -3.23. The minimum absolute atomic E-state index is 0.00945. The number of nitrogens with zero attached hydrogens (tertiary/aromatic N) is 2. The van der Waals surface area contributed by atoms with Gasteiger partial charge < -0.3 is 15.0 Å². The molecular formula is C23H26N4O3S. The van der Waals surface area contributed by atoms with Crippen LogP contribution in [0.15, 0.2) is 60.0 Å². The van der Waals surface area contributed by atoms with Gasteiger partial charge in [-0.05, 0) is 43.9 Å². The lowest BCUT2D eigenvalue weighted by molar-refractivity contribution is -0.120. The van der Waals surface area contributed by atoms with Gasteiger partial charge in [0.05, 0.1) is 25.3 Å². The average molecular weight is 439 g/mol. The van der Waals surface area contributed by atoms with E-state index in [9.17, 15) is 9.59 Å². The van der Waals surface area contributed by atoms with Crippen LogP contribution in [0.2, 0.25) is 0 Å². The predicted octanol–water partition coefficient (Wildman–Crippen LogP) is 3.37. The lowest BCUT2D eigenvalue weighted by Gasteiger charge is -2.25. The number of methoxy groups -OCH3 is 1. The van der Waals surface area contributed by atoms with Crippen molar-refractivity contribution in [2.24, 2.45) is 0 Å². The maximum Gasteiger partial charge on any atom is 0.257 e. The van der Waals surface area contributed by atoms with Crippen molar-refractivity contribution in [2.75, 3.05) is 33.1 Å². The molecule has 2 amide bonds. The first kappa shape index (κ1) is 22.5. The van der Waals surface area contributed by atoms with Crippen LogP contribution in [0, 0.1) is 0 Å². The molecule has 0 aliphatic carbocycles. The highest BCUT2D eigenvalue weighted by Gasteiger charge is 2.17. The molecule has 0 saturated carbocycles. The minimum Gasteiger partial charge on any atom is -0.497 e. The predicted molar refractivity (Wildman–Crippen MR) is 123 cm³/mol. The number of nitrogens with one attached hydrogen (secondary N) is 2. The Morgan fingerprint density at radius 2 is 1.90 bits per heavy atom. The molecule has 1 atom stereocenters. The Balaban J connectivity index is 1.55. The van der Waals surface area contributed by atoms with Crippen LogP contribution in [-0.2, 0) is 11.2 Å². The summed E-state index contributed by atoms with van der Waals surface area (Å²) in [5, 5.41) is 8.00. The largest absolute Gasteiger partial charge is 0.497 e. The van der Waals surface area contributed by atoms with Crippen LogP contribution in [0.4, 0.5) is 5.13 Å². The fraction of sp³-hybridized carbons (Fsp3) is 0.261. The van der Waals surface area contributed by atoms with Crippen LogP contribution in [0.1, 0.15) is 27.7 Å². The van der Waals surface area contributed by atoms with Crippen LogP contribution in [-0.4, -0.2) is 49.4 Å². The van der Waals surface area contributed by atoms with Crippen LogP contribution in [0.25, 0.3) is 0 Å². The second kappa shape index (κ2) is 10.7. The first-order valence-corrected chi connectivity index (χ1v) is 10.7. The highest BCUT2D eigenvalue weighted by Crippen LogP contribution is 2.22. The van der Waals surface area contributed by atoms with Crippen molar-refractivity contribution in [1.82, 2.24) is 15.2 Å². The van der Waals surface area contributed by atoms with Crippen LogP contribution in [0.3, 0.4) is 0 Å². The van der Waals surface area contributed by atoms with E-state index in [0.29, 0.717) is 22.9 Å². The Morgan fingerprint density at radius 3 is 2.61 bits per heavy atom. The zero-order valence-corrected chi connectivity index (χ0v) is 18.6. The van der Waals surface area contributed by atoms with E-state index in [-0.39, 0.29) is 24.3 Å². The smallest absolute Gasteiger partial charge is 0.257 e. The third-order valence-electron chi connectivity index (χ3n) is 4.74. The van der Waals surface area contributed by atoms with E-state index in [1.165, 1.54) is 11.3 Å². The van der Waals surface area contributed by atoms with Gasteiger partial charge in [-0.25, -0.2) is 4.98 Å². The summed E-state index contributed by atoms with van der Waals surface area (Å²) in [6.45, 7) is 0.459. The number of ether oxygens (including phenoxy) is 1. The van der Waals surface area contributed by atoms with E-state index in [2.05, 4.69) is 20.5 Å². The van der Waals surface area contributed by atoms with E-state index in [1.54, 1.807) is 36.8 Å². The number of hydrogen-bond donors (Lipinski definition) is 2. The number of carbonyl (C=O) groups is 2. The molecule has 31 heavy (non-hydrogen) atoms. The maximum absolute atomic E-state index is 12.5. The van der Waals surface area contributed by atoms with Crippen LogP contribution < -0.4 is 15.4 Å². The Labute approximate surface area is 186 Å². The number of amides is 2. The topological polar surface area (TPSA) is 83.6 Å². The van der Waals surface area contributed by atoms with E-state index < -0.39 is 0 Å². The quantitative estimate of drug-likeness (QED) is 0.535. The van der Waals surface area contributed by atoms with Gasteiger partial charge in [0.25, 0.3) is 5.91 Å². The second-order valence-electron chi connectivity index (χ2n) is 7.20. The summed E-state index contributed by atoms with van der Waals surface area (Å²) in [7, 11) is 5.58. The molecule has 2 N–H and O–H groups in total. The summed E-state index contributed by atoms with van der Waals surface area (Å²) in [6, 6.07) is 16.8. The molecule has 0 aliphatic rings. The van der Waals surface area contributed by atoms with Crippen LogP contribution >= 0.6 is 11.3 Å². The molecule has 7 nitrogen and oxygen atoms in total. The normalized spacial score (nSPS) is 11.7. The summed E-state index contributed by atoms with van der Waals surface area (Å²) in [6.07, 6.45) is 0.149. The number of hydrogen-bond acceptors (Lipinski definition) is 6. The zero-order valence-electron chi connectivity index (χ0n) is 17.8. The minimum atomic E-state index is -0.224. The number of rotatable bonds is 9. The molecule has 3 aromatic rings. The monoisotopic (exact) mass is 438 g/mol. The van der Waals surface area contributed by atoms with Crippen molar-refractivity contribution in [2.45, 2.75) is 12.5 Å². The summed E-state index contributed by atoms with van der Waals surface area (Å²) < 4.78 is 5.30. The van der Waals surface area contributed by atoms with Crippen molar-refractivity contribution < 1.29 is 14.3 Å². The van der Waals surface area contributed by atoms with Gasteiger partial charge in [0.1, 0.15) is 5.75 Å². The Morgan fingerprint density at radius 1 is 1.13 bits per heavy atom. The molecule has 2 aromatic carbocycles. The summed E-state index contributed by atoms with van der Waals surface area (Å²) in [5.41, 5.74) is 2.24. The SMILES string of the molecule is COc1cccc(C(CNC(=O)Cc2csc(NC(=O)c3ccccc3)n2)N(C)C)c1. The third-order valence-corrected chi connectivity index (χ3v) is 5.55. The molecule has 0 fully saturated rings. The molecule has 0 saturated heterocycles. The van der Waals surface area contributed by atoms with Gasteiger partial charge in [0, 0.05) is 17.5 Å². The van der Waals surface area contributed by atoms with Crippen molar-refractivity contribution in [3.05, 3.63) is 76.8 Å². The highest BCUT2D eigenvalue weighted by atomic mass is 32.1. The molecule has 162 valence electrons. The Kier molecular flexibility index (Phi) is 7.75. The van der Waals surface area contributed by atoms with Crippen molar-refractivity contribution in [3.8, 4) is 5.75 Å². The average Bonchev–Trinajstić information content (AvgIpc) is 3.20. The van der Waals surface area contributed by atoms with E-state index in [0.717, 1.165) is 11.3 Å². The summed E-state index contributed by atoms with van der Waals surface area (Å²) in [5.74, 6) is 0.433. The molecule has 1 heterocycles. The van der Waals surface area contributed by atoms with Crippen molar-refractivity contribution in [1.29, 1.82) is 0 Å². The third kappa shape index (κ3) is 6.37. The summed E-state index contributed by atoms with van der Waals surface area (Å²) >= 11 is 1.30. The van der Waals surface area contributed by atoms with E-state index in [4.69, 9.17) is 4.74 Å². The van der Waals surface area contributed by atoms with Crippen LogP contribution in [0.5, 0.6) is 5.75 Å². The van der Waals surface area contributed by atoms with Gasteiger partial charge in [0.2, 0.25) is 5.91 Å². The maximum atomic E-state index is 12.5. The van der Waals surface area contributed by atoms with Gasteiger partial charge in [-0.15, -0.1) is 11.3 Å². The molecule has 0 spiro atoms. The lowest BCUT2D eigenvalue weighted by atomic mass is 10.1. The standard InChI is InChI=1S/C23H26N4O3S/c1-27(2)20(17-10-7-11-19(12-17)30-3)14-24-21(28)13-18-15-31-23(25-18)26-22(29)16-8-5-4-6-9-16/h4-12,15,20H,13-14H2,1-3H3,(H,24,28)(H,25,26,29). The fourth-order valence-electron chi connectivity index (χ4n) is 3.09. The fourth-order valence-corrected chi connectivity index (χ4v) is 3.79. The van der Waals surface area contributed by atoms with Gasteiger partial charge in [0.15, 0.2) is 5.13 Å². The van der Waals surface area contributed by atoms with Gasteiger partial charge in [-0.3, -0.25) is 14.9 Å². The molecule has 0 bridgehead atoms. The molecular weight excluding hydrogens is 412 g/mol.